The van der Waals surface area contributed by atoms with Crippen LogP contribution in [0.3, 0.4) is 0 Å². The number of hydrogen-bond acceptors (Lipinski definition) is 6. The predicted molar refractivity (Wildman–Crippen MR) is 127 cm³/mol. The maximum absolute atomic E-state index is 15.4. The Morgan fingerprint density at radius 3 is 2.44 bits per heavy atom. The molecule has 1 aliphatic heterocycles. The Bertz CT molecular complexity index is 1240. The number of carbonyl (C=O) groups excluding carboxylic acids is 2. The Morgan fingerprint density at radius 1 is 1.09 bits per heavy atom. The molecule has 0 spiro atoms. The van der Waals surface area contributed by atoms with Crippen LogP contribution in [0.1, 0.15) is 50.5 Å². The van der Waals surface area contributed by atoms with Crippen LogP contribution in [-0.2, 0) is 25.3 Å². The molecule has 0 atom stereocenters. The standard InChI is InChI=1S/C25H27BFNO6/c1-6-31-20(29)13-15-9-7-8-10-19(15)28-23(30)17-14-18(22-16(21(17)27)11-12-32-22)26-33-24(2,3)25(4,5)34-26/h7-12,14H,6,13H2,1-5H3,(H,28,30). The molecule has 2 heterocycles. The van der Waals surface area contributed by atoms with Crippen molar-refractivity contribution < 1.29 is 32.4 Å². The summed E-state index contributed by atoms with van der Waals surface area (Å²) in [5.74, 6) is -1.81. The Kier molecular flexibility index (Phi) is 6.27. The fraction of sp³-hybridized carbons (Fsp3) is 0.360. The second-order valence-corrected chi connectivity index (χ2v) is 9.17. The van der Waals surface area contributed by atoms with E-state index in [0.717, 1.165) is 0 Å². The number of amides is 1. The predicted octanol–water partition coefficient (Wildman–Crippen LogP) is 4.23. The quantitative estimate of drug-likeness (QED) is 0.432. The highest BCUT2D eigenvalue weighted by atomic mass is 19.1. The van der Waals surface area contributed by atoms with Gasteiger partial charge in [0.1, 0.15) is 11.4 Å². The first kappa shape index (κ1) is 24.0. The van der Waals surface area contributed by atoms with E-state index < -0.39 is 36.0 Å². The summed E-state index contributed by atoms with van der Waals surface area (Å²) in [4.78, 5) is 25.2. The second-order valence-electron chi connectivity index (χ2n) is 9.17. The molecule has 1 amide bonds. The lowest BCUT2D eigenvalue weighted by Crippen LogP contribution is -2.41. The number of para-hydroxylation sites is 1. The van der Waals surface area contributed by atoms with Crippen LogP contribution in [0.4, 0.5) is 10.1 Å². The van der Waals surface area contributed by atoms with Crippen molar-refractivity contribution in [2.45, 2.75) is 52.2 Å². The Balaban J connectivity index is 1.69. The zero-order valence-corrected chi connectivity index (χ0v) is 19.9. The monoisotopic (exact) mass is 467 g/mol. The minimum absolute atomic E-state index is 0.0211. The van der Waals surface area contributed by atoms with Gasteiger partial charge in [0, 0.05) is 11.2 Å². The number of esters is 1. The lowest BCUT2D eigenvalue weighted by Gasteiger charge is -2.32. The maximum atomic E-state index is 15.4. The largest absolute Gasteiger partial charge is 0.498 e. The number of halogens is 1. The molecule has 1 aromatic heterocycles. The van der Waals surface area contributed by atoms with Gasteiger partial charge >= 0.3 is 13.1 Å². The molecule has 0 bridgehead atoms. The summed E-state index contributed by atoms with van der Waals surface area (Å²) >= 11 is 0. The minimum atomic E-state index is -0.845. The third-order valence-corrected chi connectivity index (χ3v) is 6.36. The van der Waals surface area contributed by atoms with Gasteiger partial charge in [0.2, 0.25) is 0 Å². The van der Waals surface area contributed by atoms with Gasteiger partial charge in [0.15, 0.2) is 0 Å². The van der Waals surface area contributed by atoms with E-state index in [9.17, 15) is 9.59 Å². The van der Waals surface area contributed by atoms with Crippen LogP contribution in [0.2, 0.25) is 0 Å². The van der Waals surface area contributed by atoms with Crippen LogP contribution in [0, 0.1) is 5.82 Å². The lowest BCUT2D eigenvalue weighted by atomic mass is 9.77. The smallest absolute Gasteiger partial charge is 0.466 e. The van der Waals surface area contributed by atoms with Gasteiger partial charge in [0.25, 0.3) is 5.91 Å². The molecule has 0 saturated carbocycles. The summed E-state index contributed by atoms with van der Waals surface area (Å²) < 4.78 is 38.1. The fourth-order valence-corrected chi connectivity index (χ4v) is 3.80. The molecule has 178 valence electrons. The third kappa shape index (κ3) is 4.33. The normalized spacial score (nSPS) is 16.6. The molecule has 1 fully saturated rings. The molecule has 2 aromatic carbocycles. The molecule has 9 heteroatoms. The van der Waals surface area contributed by atoms with E-state index in [0.29, 0.717) is 16.7 Å². The Morgan fingerprint density at radius 2 is 1.76 bits per heavy atom. The van der Waals surface area contributed by atoms with Gasteiger partial charge in [-0.05, 0) is 58.4 Å². The minimum Gasteiger partial charge on any atom is -0.466 e. The van der Waals surface area contributed by atoms with Gasteiger partial charge < -0.3 is 23.8 Å². The van der Waals surface area contributed by atoms with Gasteiger partial charge in [0.05, 0.1) is 41.4 Å². The van der Waals surface area contributed by atoms with Crippen LogP contribution in [0.25, 0.3) is 11.0 Å². The molecular weight excluding hydrogens is 440 g/mol. The average molecular weight is 467 g/mol. The first-order valence-electron chi connectivity index (χ1n) is 11.1. The van der Waals surface area contributed by atoms with Crippen molar-refractivity contribution in [3.63, 3.8) is 0 Å². The van der Waals surface area contributed by atoms with Gasteiger partial charge in [-0.2, -0.15) is 0 Å². The lowest BCUT2D eigenvalue weighted by molar-refractivity contribution is -0.142. The second kappa shape index (κ2) is 8.89. The van der Waals surface area contributed by atoms with E-state index in [4.69, 9.17) is 18.5 Å². The van der Waals surface area contributed by atoms with Crippen molar-refractivity contribution in [1.29, 1.82) is 0 Å². The number of benzene rings is 2. The summed E-state index contributed by atoms with van der Waals surface area (Å²) in [7, 11) is -0.845. The molecular formula is C25H27BFNO6. The van der Waals surface area contributed by atoms with Crippen LogP contribution in [0.15, 0.2) is 47.1 Å². The van der Waals surface area contributed by atoms with E-state index in [1.54, 1.807) is 31.2 Å². The SMILES string of the molecule is CCOC(=O)Cc1ccccc1NC(=O)c1cc(B2OC(C)(C)C(C)(C)O2)c2occc2c1F. The number of furan rings is 1. The summed E-state index contributed by atoms with van der Waals surface area (Å²) in [6.07, 6.45) is 1.34. The zero-order valence-electron chi connectivity index (χ0n) is 19.9. The van der Waals surface area contributed by atoms with Crippen molar-refractivity contribution >= 4 is 41.1 Å². The number of ether oxygens (including phenoxy) is 1. The highest BCUT2D eigenvalue weighted by molar-refractivity contribution is 6.65. The van der Waals surface area contributed by atoms with Crippen molar-refractivity contribution in [3.8, 4) is 0 Å². The molecule has 0 radical (unpaired) electrons. The molecule has 1 aliphatic rings. The van der Waals surface area contributed by atoms with E-state index in [2.05, 4.69) is 5.32 Å². The number of carbonyl (C=O) groups is 2. The average Bonchev–Trinajstić information content (AvgIpc) is 3.32. The van der Waals surface area contributed by atoms with Crippen molar-refractivity contribution in [2.75, 3.05) is 11.9 Å². The van der Waals surface area contributed by atoms with Crippen molar-refractivity contribution in [1.82, 2.24) is 0 Å². The van der Waals surface area contributed by atoms with E-state index in [1.165, 1.54) is 18.4 Å². The maximum Gasteiger partial charge on any atom is 0.498 e. The third-order valence-electron chi connectivity index (χ3n) is 6.36. The van der Waals surface area contributed by atoms with E-state index >= 15 is 4.39 Å². The highest BCUT2D eigenvalue weighted by Gasteiger charge is 2.52. The van der Waals surface area contributed by atoms with Gasteiger partial charge in [-0.1, -0.05) is 18.2 Å². The summed E-state index contributed by atoms with van der Waals surface area (Å²) in [6.45, 7) is 9.60. The Labute approximate surface area is 197 Å². The number of hydrogen-bond donors (Lipinski definition) is 1. The van der Waals surface area contributed by atoms with Crippen LogP contribution in [0.5, 0.6) is 0 Å². The van der Waals surface area contributed by atoms with Gasteiger partial charge in [-0.3, -0.25) is 9.59 Å². The topological polar surface area (TPSA) is 87.0 Å². The first-order chi connectivity index (χ1) is 16.0. The Hall–Kier alpha value is -3.17. The van der Waals surface area contributed by atoms with Gasteiger partial charge in [-0.15, -0.1) is 0 Å². The molecule has 1 saturated heterocycles. The molecule has 0 unspecified atom stereocenters. The summed E-state index contributed by atoms with van der Waals surface area (Å²) in [5, 5.41) is 2.87. The van der Waals surface area contributed by atoms with E-state index in [1.807, 2.05) is 27.7 Å². The fourth-order valence-electron chi connectivity index (χ4n) is 3.80. The van der Waals surface area contributed by atoms with Crippen molar-refractivity contribution in [3.05, 3.63) is 59.6 Å². The molecule has 4 rings (SSSR count). The highest BCUT2D eigenvalue weighted by Crippen LogP contribution is 2.37. The zero-order chi connectivity index (χ0) is 24.7. The van der Waals surface area contributed by atoms with E-state index in [-0.39, 0.29) is 29.6 Å². The molecule has 7 nitrogen and oxygen atoms in total. The number of fused-ring (bicyclic) bond motifs is 1. The molecule has 0 aliphatic carbocycles. The van der Waals surface area contributed by atoms with Gasteiger partial charge in [-0.25, -0.2) is 4.39 Å². The number of anilines is 1. The molecule has 3 aromatic rings. The van der Waals surface area contributed by atoms with Crippen molar-refractivity contribution in [2.24, 2.45) is 0 Å². The van der Waals surface area contributed by atoms with Crippen LogP contribution >= 0.6 is 0 Å². The molecule has 34 heavy (non-hydrogen) atoms. The molecule has 1 N–H and O–H groups in total. The number of nitrogens with one attached hydrogen (secondary N) is 1. The first-order valence-corrected chi connectivity index (χ1v) is 11.1. The van der Waals surface area contributed by atoms with Crippen LogP contribution in [-0.4, -0.2) is 36.8 Å². The summed E-state index contributed by atoms with van der Waals surface area (Å²) in [5.41, 5.74) is 0.193. The summed E-state index contributed by atoms with van der Waals surface area (Å²) in [6, 6.07) is 9.68. The van der Waals surface area contributed by atoms with Crippen LogP contribution < -0.4 is 10.8 Å². The number of rotatable bonds is 6.